The maximum atomic E-state index is 12.5. The summed E-state index contributed by atoms with van der Waals surface area (Å²) in [6, 6.07) is 12.8. The summed E-state index contributed by atoms with van der Waals surface area (Å²) in [5.74, 6) is -0.935. The van der Waals surface area contributed by atoms with E-state index in [-0.39, 0.29) is 25.5 Å². The van der Waals surface area contributed by atoms with Gasteiger partial charge in [-0.2, -0.15) is 0 Å². The fraction of sp³-hybridized carbons (Fsp3) is 0.360. The lowest BCUT2D eigenvalue weighted by molar-refractivity contribution is -0.152. The minimum Gasteiger partial charge on any atom is -0.497 e. The Kier molecular flexibility index (Phi) is 6.81. The maximum Gasteiger partial charge on any atom is 0.308 e. The summed E-state index contributed by atoms with van der Waals surface area (Å²) < 4.78 is 10.3. The zero-order chi connectivity index (χ0) is 24.2. The Bertz CT molecular complexity index is 1110. The Balaban J connectivity index is 1.20. The van der Waals surface area contributed by atoms with E-state index in [1.807, 2.05) is 31.2 Å². The van der Waals surface area contributed by atoms with Crippen LogP contribution >= 0.6 is 0 Å². The number of fused-ring (bicyclic) bond motifs is 1. The van der Waals surface area contributed by atoms with Crippen LogP contribution in [0.4, 0.5) is 5.69 Å². The molecule has 1 saturated heterocycles. The standard InChI is InChI=1S/C25H27N3O6/c1-17-3-8-20-21(15-17)25(32)28(24(20)31)10-9-23(30)34-16-22(29)27-13-11-26(12-14-27)18-4-6-19(33-2)7-5-18/h3-8,15H,9-14,16H2,1-2H3. The highest BCUT2D eigenvalue weighted by molar-refractivity contribution is 6.21. The number of imide groups is 1. The summed E-state index contributed by atoms with van der Waals surface area (Å²) in [5.41, 5.74) is 2.63. The molecule has 178 valence electrons. The van der Waals surface area contributed by atoms with Crippen molar-refractivity contribution in [2.24, 2.45) is 0 Å². The van der Waals surface area contributed by atoms with Crippen LogP contribution in [-0.4, -0.2) is 79.9 Å². The molecule has 2 aliphatic heterocycles. The Hall–Kier alpha value is -3.88. The molecular weight excluding hydrogens is 438 g/mol. The molecule has 2 aliphatic rings. The minimum absolute atomic E-state index is 0.0844. The molecule has 1 fully saturated rings. The molecule has 0 bridgehead atoms. The molecule has 34 heavy (non-hydrogen) atoms. The number of esters is 1. The smallest absolute Gasteiger partial charge is 0.308 e. The van der Waals surface area contributed by atoms with E-state index >= 15 is 0 Å². The van der Waals surface area contributed by atoms with Gasteiger partial charge in [0.1, 0.15) is 5.75 Å². The first kappa shape index (κ1) is 23.3. The Morgan fingerprint density at radius 2 is 1.59 bits per heavy atom. The molecule has 0 aliphatic carbocycles. The molecule has 2 aromatic carbocycles. The van der Waals surface area contributed by atoms with Gasteiger partial charge in [0.2, 0.25) is 0 Å². The molecule has 0 spiro atoms. The van der Waals surface area contributed by atoms with Gasteiger partial charge in [-0.15, -0.1) is 0 Å². The molecule has 0 N–H and O–H groups in total. The number of carbonyl (C=O) groups is 4. The van der Waals surface area contributed by atoms with E-state index in [0.29, 0.717) is 37.3 Å². The molecule has 4 rings (SSSR count). The summed E-state index contributed by atoms with van der Waals surface area (Å²) in [4.78, 5) is 54.5. The van der Waals surface area contributed by atoms with Crippen molar-refractivity contribution in [3.8, 4) is 5.75 Å². The normalized spacial score (nSPS) is 15.4. The quantitative estimate of drug-likeness (QED) is 0.455. The van der Waals surface area contributed by atoms with Crippen LogP contribution in [0.25, 0.3) is 0 Å². The van der Waals surface area contributed by atoms with Crippen LogP contribution in [0, 0.1) is 6.92 Å². The molecule has 3 amide bonds. The largest absolute Gasteiger partial charge is 0.497 e. The number of benzene rings is 2. The predicted octanol–water partition coefficient (Wildman–Crippen LogP) is 1.88. The summed E-state index contributed by atoms with van der Waals surface area (Å²) in [7, 11) is 1.62. The fourth-order valence-corrected chi connectivity index (χ4v) is 4.12. The number of anilines is 1. The van der Waals surface area contributed by atoms with Gasteiger partial charge in [0, 0.05) is 38.4 Å². The SMILES string of the molecule is COc1ccc(N2CCN(C(=O)COC(=O)CCN3C(=O)c4ccc(C)cc4C3=O)CC2)cc1. The number of amides is 3. The lowest BCUT2D eigenvalue weighted by atomic mass is 10.1. The fourth-order valence-electron chi connectivity index (χ4n) is 4.12. The third-order valence-corrected chi connectivity index (χ3v) is 6.09. The first-order chi connectivity index (χ1) is 16.4. The van der Waals surface area contributed by atoms with Crippen molar-refractivity contribution >= 4 is 29.4 Å². The van der Waals surface area contributed by atoms with Gasteiger partial charge in [-0.05, 0) is 43.3 Å². The number of aryl methyl sites for hydroxylation is 1. The van der Waals surface area contributed by atoms with E-state index in [4.69, 9.17) is 9.47 Å². The zero-order valence-electron chi connectivity index (χ0n) is 19.3. The molecule has 0 unspecified atom stereocenters. The van der Waals surface area contributed by atoms with Crippen LogP contribution < -0.4 is 9.64 Å². The lowest BCUT2D eigenvalue weighted by Gasteiger charge is -2.36. The van der Waals surface area contributed by atoms with Crippen LogP contribution in [0.5, 0.6) is 5.75 Å². The average molecular weight is 466 g/mol. The van der Waals surface area contributed by atoms with Crippen molar-refractivity contribution in [2.75, 3.05) is 51.3 Å². The van der Waals surface area contributed by atoms with Crippen LogP contribution in [0.2, 0.25) is 0 Å². The zero-order valence-corrected chi connectivity index (χ0v) is 19.3. The Morgan fingerprint density at radius 1 is 0.912 bits per heavy atom. The molecule has 9 heteroatoms. The number of piperazine rings is 1. The predicted molar refractivity (Wildman–Crippen MR) is 124 cm³/mol. The molecule has 0 atom stereocenters. The molecule has 0 saturated carbocycles. The maximum absolute atomic E-state index is 12.5. The second-order valence-corrected chi connectivity index (χ2v) is 8.29. The van der Waals surface area contributed by atoms with E-state index in [1.54, 1.807) is 30.2 Å². The summed E-state index contributed by atoms with van der Waals surface area (Å²) >= 11 is 0. The van der Waals surface area contributed by atoms with Gasteiger partial charge in [-0.25, -0.2) is 0 Å². The summed E-state index contributed by atoms with van der Waals surface area (Å²) in [6.45, 7) is 3.79. The highest BCUT2D eigenvalue weighted by atomic mass is 16.5. The lowest BCUT2D eigenvalue weighted by Crippen LogP contribution is -2.50. The average Bonchev–Trinajstić information content (AvgIpc) is 3.09. The summed E-state index contributed by atoms with van der Waals surface area (Å²) in [6.07, 6.45) is -0.164. The van der Waals surface area contributed by atoms with Crippen molar-refractivity contribution in [3.05, 3.63) is 59.2 Å². The number of nitrogens with zero attached hydrogens (tertiary/aromatic N) is 3. The van der Waals surface area contributed by atoms with Crippen molar-refractivity contribution in [2.45, 2.75) is 13.3 Å². The van der Waals surface area contributed by atoms with Gasteiger partial charge in [0.25, 0.3) is 17.7 Å². The number of hydrogen-bond acceptors (Lipinski definition) is 7. The van der Waals surface area contributed by atoms with E-state index in [9.17, 15) is 19.2 Å². The van der Waals surface area contributed by atoms with Crippen LogP contribution in [0.1, 0.15) is 32.7 Å². The van der Waals surface area contributed by atoms with Crippen molar-refractivity contribution in [1.82, 2.24) is 9.80 Å². The molecule has 2 heterocycles. The molecule has 2 aromatic rings. The second-order valence-electron chi connectivity index (χ2n) is 8.29. The first-order valence-electron chi connectivity index (χ1n) is 11.2. The molecule has 0 radical (unpaired) electrons. The van der Waals surface area contributed by atoms with Gasteiger partial charge in [0.15, 0.2) is 6.61 Å². The highest BCUT2D eigenvalue weighted by Crippen LogP contribution is 2.24. The second kappa shape index (κ2) is 9.94. The van der Waals surface area contributed by atoms with Crippen LogP contribution in [-0.2, 0) is 14.3 Å². The third-order valence-electron chi connectivity index (χ3n) is 6.09. The van der Waals surface area contributed by atoms with Gasteiger partial charge < -0.3 is 19.3 Å². The van der Waals surface area contributed by atoms with Crippen LogP contribution in [0.3, 0.4) is 0 Å². The monoisotopic (exact) mass is 465 g/mol. The molecular formula is C25H27N3O6. The highest BCUT2D eigenvalue weighted by Gasteiger charge is 2.35. The van der Waals surface area contributed by atoms with E-state index in [1.165, 1.54) is 0 Å². The topological polar surface area (TPSA) is 96.5 Å². The van der Waals surface area contributed by atoms with E-state index in [0.717, 1.165) is 21.9 Å². The Labute approximate surface area is 197 Å². The van der Waals surface area contributed by atoms with E-state index in [2.05, 4.69) is 4.90 Å². The number of hydrogen-bond donors (Lipinski definition) is 0. The Morgan fingerprint density at radius 3 is 2.26 bits per heavy atom. The number of methoxy groups -OCH3 is 1. The number of carbonyl (C=O) groups excluding carboxylic acids is 4. The van der Waals surface area contributed by atoms with Crippen molar-refractivity contribution < 1.29 is 28.7 Å². The van der Waals surface area contributed by atoms with Gasteiger partial charge >= 0.3 is 5.97 Å². The van der Waals surface area contributed by atoms with Gasteiger partial charge in [-0.3, -0.25) is 24.1 Å². The first-order valence-corrected chi connectivity index (χ1v) is 11.2. The van der Waals surface area contributed by atoms with Gasteiger partial charge in [0.05, 0.1) is 24.7 Å². The van der Waals surface area contributed by atoms with Crippen molar-refractivity contribution in [3.63, 3.8) is 0 Å². The minimum atomic E-state index is -0.627. The van der Waals surface area contributed by atoms with Crippen molar-refractivity contribution in [1.29, 1.82) is 0 Å². The summed E-state index contributed by atoms with van der Waals surface area (Å²) in [5, 5.41) is 0. The third kappa shape index (κ3) is 4.88. The van der Waals surface area contributed by atoms with Gasteiger partial charge in [-0.1, -0.05) is 11.6 Å². The van der Waals surface area contributed by atoms with E-state index < -0.39 is 17.8 Å². The molecule has 9 nitrogen and oxygen atoms in total. The van der Waals surface area contributed by atoms with Crippen LogP contribution in [0.15, 0.2) is 42.5 Å². The molecule has 0 aromatic heterocycles. The number of rotatable bonds is 7. The number of ether oxygens (including phenoxy) is 2.